The van der Waals surface area contributed by atoms with Crippen LogP contribution >= 0.6 is 0 Å². The largest absolute Gasteiger partial charge is 0.488 e. The Bertz CT molecular complexity index is 454. The van der Waals surface area contributed by atoms with Crippen LogP contribution in [0.3, 0.4) is 0 Å². The van der Waals surface area contributed by atoms with E-state index in [1.54, 1.807) is 0 Å². The summed E-state index contributed by atoms with van der Waals surface area (Å²) in [5.74, 6) is -1.75. The summed E-state index contributed by atoms with van der Waals surface area (Å²) in [5.41, 5.74) is 4.75. The molecule has 0 atom stereocenters. The lowest BCUT2D eigenvalue weighted by molar-refractivity contribution is 0.0690. The number of aromatic nitrogens is 1. The number of carboxylic acids is 1. The number of rotatable bonds is 4. The zero-order chi connectivity index (χ0) is 11.7. The van der Waals surface area contributed by atoms with E-state index >= 15 is 0 Å². The second-order valence-corrected chi connectivity index (χ2v) is 3.53. The molecule has 0 radical (unpaired) electrons. The van der Waals surface area contributed by atoms with E-state index in [-0.39, 0.29) is 23.2 Å². The highest BCUT2D eigenvalue weighted by molar-refractivity contribution is 5.95. The van der Waals surface area contributed by atoms with Gasteiger partial charge in [-0.1, -0.05) is 0 Å². The van der Waals surface area contributed by atoms with Gasteiger partial charge in [0.25, 0.3) is 5.91 Å². The molecule has 84 valence electrons. The summed E-state index contributed by atoms with van der Waals surface area (Å²) in [7, 11) is 0. The van der Waals surface area contributed by atoms with Crippen molar-refractivity contribution in [2.24, 2.45) is 5.73 Å². The molecule has 0 bridgehead atoms. The molecule has 1 heterocycles. The maximum absolute atomic E-state index is 11.1. The average Bonchev–Trinajstić information content (AvgIpc) is 3.01. The number of aromatic carboxylic acids is 1. The lowest BCUT2D eigenvalue weighted by Crippen LogP contribution is -2.17. The molecule has 3 N–H and O–H groups in total. The summed E-state index contributed by atoms with van der Waals surface area (Å²) in [5, 5.41) is 8.72. The lowest BCUT2D eigenvalue weighted by atomic mass is 10.2. The van der Waals surface area contributed by atoms with E-state index in [4.69, 9.17) is 15.6 Å². The Kier molecular flexibility index (Phi) is 2.47. The number of nitrogens with two attached hydrogens (primary N) is 1. The van der Waals surface area contributed by atoms with Crippen LogP contribution < -0.4 is 10.5 Å². The number of primary amides is 1. The Hall–Kier alpha value is -2.11. The molecular formula is C10H10N2O4. The number of nitrogens with zero attached hydrogens (tertiary/aromatic N) is 1. The van der Waals surface area contributed by atoms with E-state index in [0.29, 0.717) is 0 Å². The Morgan fingerprint density at radius 2 is 2.12 bits per heavy atom. The summed E-state index contributed by atoms with van der Waals surface area (Å²) in [4.78, 5) is 25.4. The van der Waals surface area contributed by atoms with Gasteiger partial charge in [0.1, 0.15) is 5.69 Å². The first-order valence-corrected chi connectivity index (χ1v) is 4.78. The first-order valence-electron chi connectivity index (χ1n) is 4.78. The van der Waals surface area contributed by atoms with Gasteiger partial charge in [0.2, 0.25) is 0 Å². The minimum atomic E-state index is -1.21. The molecule has 1 aliphatic rings. The van der Waals surface area contributed by atoms with Gasteiger partial charge in [0.15, 0.2) is 11.4 Å². The molecule has 1 saturated carbocycles. The predicted molar refractivity (Wildman–Crippen MR) is 53.4 cm³/mol. The molecule has 0 spiro atoms. The zero-order valence-electron chi connectivity index (χ0n) is 8.34. The quantitative estimate of drug-likeness (QED) is 0.768. The lowest BCUT2D eigenvalue weighted by Gasteiger charge is -2.07. The van der Waals surface area contributed by atoms with Crippen LogP contribution in [0.15, 0.2) is 12.1 Å². The van der Waals surface area contributed by atoms with Crippen molar-refractivity contribution in [3.63, 3.8) is 0 Å². The third-order valence-corrected chi connectivity index (χ3v) is 2.13. The van der Waals surface area contributed by atoms with E-state index in [2.05, 4.69) is 4.98 Å². The normalized spacial score (nSPS) is 14.5. The summed E-state index contributed by atoms with van der Waals surface area (Å²) >= 11 is 0. The van der Waals surface area contributed by atoms with Crippen molar-refractivity contribution < 1.29 is 19.4 Å². The topological polar surface area (TPSA) is 103 Å². The monoisotopic (exact) mass is 222 g/mol. The van der Waals surface area contributed by atoms with Gasteiger partial charge in [-0.05, 0) is 25.0 Å². The number of hydrogen-bond donors (Lipinski definition) is 2. The molecule has 16 heavy (non-hydrogen) atoms. The van der Waals surface area contributed by atoms with Crippen molar-refractivity contribution in [3.8, 4) is 5.75 Å². The third-order valence-electron chi connectivity index (χ3n) is 2.13. The number of ether oxygens (including phenoxy) is 1. The van der Waals surface area contributed by atoms with Gasteiger partial charge in [0.05, 0.1) is 6.10 Å². The van der Waals surface area contributed by atoms with Crippen LogP contribution in [0.5, 0.6) is 5.75 Å². The number of hydrogen-bond acceptors (Lipinski definition) is 4. The first kappa shape index (κ1) is 10.4. The Labute approximate surface area is 91.0 Å². The van der Waals surface area contributed by atoms with E-state index in [1.807, 2.05) is 0 Å². The van der Waals surface area contributed by atoms with Crippen LogP contribution in [-0.2, 0) is 0 Å². The second-order valence-electron chi connectivity index (χ2n) is 3.53. The minimum Gasteiger partial charge on any atom is -0.488 e. The fraction of sp³-hybridized carbons (Fsp3) is 0.300. The smallest absolute Gasteiger partial charge is 0.354 e. The van der Waals surface area contributed by atoms with Crippen LogP contribution in [0.25, 0.3) is 0 Å². The number of amides is 1. The molecule has 1 aromatic heterocycles. The molecule has 2 rings (SSSR count). The summed E-state index contributed by atoms with van der Waals surface area (Å²) in [6.45, 7) is 0. The highest BCUT2D eigenvalue weighted by Gasteiger charge is 2.26. The molecule has 6 heteroatoms. The standard InChI is InChI=1S/C10H10N2O4/c11-9(13)8-7(16-5-1-2-5)4-3-6(12-8)10(14)15/h3-5H,1-2H2,(H2,11,13)(H,14,15). The van der Waals surface area contributed by atoms with Gasteiger partial charge < -0.3 is 15.6 Å². The zero-order valence-corrected chi connectivity index (χ0v) is 8.34. The van der Waals surface area contributed by atoms with E-state index in [1.165, 1.54) is 12.1 Å². The van der Waals surface area contributed by atoms with E-state index in [9.17, 15) is 9.59 Å². The van der Waals surface area contributed by atoms with Gasteiger partial charge in [-0.25, -0.2) is 9.78 Å². The average molecular weight is 222 g/mol. The fourth-order valence-corrected chi connectivity index (χ4v) is 1.20. The van der Waals surface area contributed by atoms with Crippen molar-refractivity contribution >= 4 is 11.9 Å². The molecule has 1 amide bonds. The van der Waals surface area contributed by atoms with Crippen molar-refractivity contribution in [1.29, 1.82) is 0 Å². The van der Waals surface area contributed by atoms with Crippen LogP contribution in [0.4, 0.5) is 0 Å². The molecule has 1 aliphatic carbocycles. The maximum Gasteiger partial charge on any atom is 0.354 e. The van der Waals surface area contributed by atoms with E-state index < -0.39 is 11.9 Å². The molecule has 0 unspecified atom stereocenters. The minimum absolute atomic E-state index is 0.0931. The van der Waals surface area contributed by atoms with Gasteiger partial charge >= 0.3 is 5.97 Å². The van der Waals surface area contributed by atoms with Crippen molar-refractivity contribution in [1.82, 2.24) is 4.98 Å². The summed E-state index contributed by atoms with van der Waals surface area (Å²) in [6.07, 6.45) is 1.95. The predicted octanol–water partition coefficient (Wildman–Crippen LogP) is 0.420. The Morgan fingerprint density at radius 1 is 1.44 bits per heavy atom. The SMILES string of the molecule is NC(=O)c1nc(C(=O)O)ccc1OC1CC1. The maximum atomic E-state index is 11.1. The van der Waals surface area contributed by atoms with Gasteiger partial charge in [-0.2, -0.15) is 0 Å². The van der Waals surface area contributed by atoms with Gasteiger partial charge in [-0.3, -0.25) is 4.79 Å². The van der Waals surface area contributed by atoms with Crippen molar-refractivity contribution in [3.05, 3.63) is 23.5 Å². The molecule has 6 nitrogen and oxygen atoms in total. The van der Waals surface area contributed by atoms with Gasteiger partial charge in [-0.15, -0.1) is 0 Å². The number of pyridine rings is 1. The van der Waals surface area contributed by atoms with Crippen molar-refractivity contribution in [2.75, 3.05) is 0 Å². The molecule has 1 fully saturated rings. The molecule has 1 aromatic rings. The Morgan fingerprint density at radius 3 is 2.62 bits per heavy atom. The fourth-order valence-electron chi connectivity index (χ4n) is 1.20. The summed E-state index contributed by atoms with van der Waals surface area (Å²) in [6, 6.07) is 2.70. The highest BCUT2D eigenvalue weighted by Crippen LogP contribution is 2.28. The van der Waals surface area contributed by atoms with Crippen LogP contribution in [0, 0.1) is 0 Å². The first-order chi connectivity index (χ1) is 7.58. The van der Waals surface area contributed by atoms with Crippen LogP contribution in [0.1, 0.15) is 33.8 Å². The third kappa shape index (κ3) is 2.10. The Balaban J connectivity index is 2.35. The summed E-state index contributed by atoms with van der Waals surface area (Å²) < 4.78 is 5.40. The van der Waals surface area contributed by atoms with Crippen LogP contribution in [0.2, 0.25) is 0 Å². The number of carboxylic acid groups (broad SMARTS) is 1. The number of carbonyl (C=O) groups excluding carboxylic acids is 1. The molecule has 0 aliphatic heterocycles. The highest BCUT2D eigenvalue weighted by atomic mass is 16.5. The van der Waals surface area contributed by atoms with E-state index in [0.717, 1.165) is 12.8 Å². The second kappa shape index (κ2) is 3.80. The van der Waals surface area contributed by atoms with Gasteiger partial charge in [0, 0.05) is 0 Å². The number of carbonyl (C=O) groups is 2. The van der Waals surface area contributed by atoms with Crippen LogP contribution in [-0.4, -0.2) is 28.1 Å². The van der Waals surface area contributed by atoms with Crippen molar-refractivity contribution in [2.45, 2.75) is 18.9 Å². The molecular weight excluding hydrogens is 212 g/mol. The molecule has 0 aromatic carbocycles. The molecule has 0 saturated heterocycles.